The summed E-state index contributed by atoms with van der Waals surface area (Å²) in [4.78, 5) is 14.3. The van der Waals surface area contributed by atoms with E-state index in [0.717, 1.165) is 5.56 Å². The maximum Gasteiger partial charge on any atom is 0.339 e. The van der Waals surface area contributed by atoms with Crippen molar-refractivity contribution in [1.82, 2.24) is 4.90 Å². The van der Waals surface area contributed by atoms with Crippen LogP contribution in [0.5, 0.6) is 5.75 Å². The molecule has 0 unspecified atom stereocenters. The molecule has 0 saturated carbocycles. The molecule has 0 bridgehead atoms. The number of carbonyl (C=O) groups excluding carboxylic acids is 1. The van der Waals surface area contributed by atoms with Gasteiger partial charge in [-0.25, -0.2) is 0 Å². The first-order valence-electron chi connectivity index (χ1n) is 8.52. The van der Waals surface area contributed by atoms with Crippen molar-refractivity contribution in [2.24, 2.45) is 0 Å². The number of hydrogen-bond acceptors (Lipinski definition) is 5. The van der Waals surface area contributed by atoms with Crippen molar-refractivity contribution < 1.29 is 21.6 Å². The van der Waals surface area contributed by atoms with E-state index in [9.17, 15) is 17.4 Å². The molecule has 1 saturated heterocycles. The normalized spacial score (nSPS) is 15.6. The maximum absolute atomic E-state index is 12.5. The molecular weight excluding hydrogens is 386 g/mol. The second-order valence-corrected chi connectivity index (χ2v) is 9.68. The summed E-state index contributed by atoms with van der Waals surface area (Å²) in [6, 6.07) is 11.2. The van der Waals surface area contributed by atoms with Crippen LogP contribution in [0.2, 0.25) is 0 Å². The van der Waals surface area contributed by atoms with Crippen LogP contribution in [-0.2, 0) is 20.9 Å². The molecule has 0 aromatic heterocycles. The summed E-state index contributed by atoms with van der Waals surface area (Å²) in [5, 5.41) is 0. The predicted molar refractivity (Wildman–Crippen MR) is 104 cm³/mol. The third-order valence-corrected chi connectivity index (χ3v) is 7.05. The summed E-state index contributed by atoms with van der Waals surface area (Å²) >= 11 is 0. The lowest BCUT2D eigenvalue weighted by Gasteiger charge is -2.26. The highest BCUT2D eigenvalue weighted by atomic mass is 32.2. The smallest absolute Gasteiger partial charge is 0.339 e. The number of carbonyl (C=O) groups is 1. The van der Waals surface area contributed by atoms with Crippen LogP contribution >= 0.6 is 0 Å². The summed E-state index contributed by atoms with van der Waals surface area (Å²) in [7, 11) is -4.81. The number of aryl methyl sites for hydroxylation is 2. The Hall–Kier alpha value is -2.19. The van der Waals surface area contributed by atoms with Gasteiger partial charge in [-0.2, -0.15) is 8.42 Å². The lowest BCUT2D eigenvalue weighted by atomic mass is 10.2. The van der Waals surface area contributed by atoms with Gasteiger partial charge in [0.1, 0.15) is 10.6 Å². The van der Waals surface area contributed by atoms with E-state index in [0.29, 0.717) is 35.7 Å². The van der Waals surface area contributed by atoms with Gasteiger partial charge in [0.15, 0.2) is 0 Å². The third-order valence-electron chi connectivity index (χ3n) is 4.39. The highest BCUT2D eigenvalue weighted by molar-refractivity contribution is 7.87. The van der Waals surface area contributed by atoms with Crippen molar-refractivity contribution in [3.05, 3.63) is 59.2 Å². The van der Waals surface area contributed by atoms with Gasteiger partial charge in [-0.1, -0.05) is 12.1 Å². The molecule has 2 aromatic rings. The summed E-state index contributed by atoms with van der Waals surface area (Å²) in [6.07, 6.45) is 0. The highest BCUT2D eigenvalue weighted by Gasteiger charge is 2.22. The molecular formula is C19H21NO5S2. The van der Waals surface area contributed by atoms with Crippen molar-refractivity contribution in [2.45, 2.75) is 18.7 Å². The molecule has 144 valence electrons. The standard InChI is InChI=1S/C19H21NO5S2/c1-14-3-4-15(2)18(13-14)27(23,24)25-17-7-5-16(6-8-17)19(21)20-9-11-26(22)12-10-20/h3-8,13H,9-12H2,1-2H3. The van der Waals surface area contributed by atoms with E-state index in [1.165, 1.54) is 12.1 Å². The van der Waals surface area contributed by atoms with Gasteiger partial charge >= 0.3 is 10.1 Å². The first-order valence-corrected chi connectivity index (χ1v) is 11.4. The zero-order valence-corrected chi connectivity index (χ0v) is 16.8. The van der Waals surface area contributed by atoms with E-state index in [1.807, 2.05) is 13.0 Å². The fraction of sp³-hybridized carbons (Fsp3) is 0.316. The third kappa shape index (κ3) is 4.56. The van der Waals surface area contributed by atoms with Crippen LogP contribution in [0.1, 0.15) is 21.5 Å². The minimum atomic E-state index is -3.96. The molecule has 8 heteroatoms. The molecule has 6 nitrogen and oxygen atoms in total. The van der Waals surface area contributed by atoms with E-state index in [-0.39, 0.29) is 16.6 Å². The molecule has 1 heterocycles. The lowest BCUT2D eigenvalue weighted by molar-refractivity contribution is 0.0771. The van der Waals surface area contributed by atoms with E-state index in [4.69, 9.17) is 4.18 Å². The summed E-state index contributed by atoms with van der Waals surface area (Å²) in [5.74, 6) is 0.963. The molecule has 1 amide bonds. The molecule has 1 aliphatic heterocycles. The molecule has 2 aromatic carbocycles. The molecule has 0 aliphatic carbocycles. The minimum absolute atomic E-state index is 0.129. The Kier molecular flexibility index (Phi) is 5.67. The van der Waals surface area contributed by atoms with Gasteiger partial charge in [-0.3, -0.25) is 9.00 Å². The molecule has 27 heavy (non-hydrogen) atoms. The van der Waals surface area contributed by atoms with E-state index in [1.54, 1.807) is 36.1 Å². The van der Waals surface area contributed by atoms with Crippen LogP contribution in [0.25, 0.3) is 0 Å². The zero-order chi connectivity index (χ0) is 19.6. The van der Waals surface area contributed by atoms with Crippen LogP contribution in [0, 0.1) is 13.8 Å². The highest BCUT2D eigenvalue weighted by Crippen LogP contribution is 2.23. The van der Waals surface area contributed by atoms with Crippen molar-refractivity contribution in [3.8, 4) is 5.75 Å². The zero-order valence-electron chi connectivity index (χ0n) is 15.2. The van der Waals surface area contributed by atoms with Crippen molar-refractivity contribution in [3.63, 3.8) is 0 Å². The largest absolute Gasteiger partial charge is 0.379 e. The number of benzene rings is 2. The molecule has 1 aliphatic rings. The Morgan fingerprint density at radius 2 is 1.67 bits per heavy atom. The molecule has 3 rings (SSSR count). The molecule has 0 spiro atoms. The quantitative estimate of drug-likeness (QED) is 0.727. The number of hydrogen-bond donors (Lipinski definition) is 0. The summed E-state index contributed by atoms with van der Waals surface area (Å²) < 4.78 is 41.7. The second-order valence-electron chi connectivity index (χ2n) is 6.47. The number of nitrogens with zero attached hydrogens (tertiary/aromatic N) is 1. The monoisotopic (exact) mass is 407 g/mol. The Morgan fingerprint density at radius 1 is 1.04 bits per heavy atom. The summed E-state index contributed by atoms with van der Waals surface area (Å²) in [5.41, 5.74) is 1.88. The van der Waals surface area contributed by atoms with Gasteiger partial charge in [0, 0.05) is 41.0 Å². The fourth-order valence-corrected chi connectivity index (χ4v) is 5.12. The first kappa shape index (κ1) is 19.6. The van der Waals surface area contributed by atoms with Gasteiger partial charge in [0.05, 0.1) is 0 Å². The summed E-state index contributed by atoms with van der Waals surface area (Å²) in [6.45, 7) is 4.45. The lowest BCUT2D eigenvalue weighted by Crippen LogP contribution is -2.41. The SMILES string of the molecule is Cc1ccc(C)c(S(=O)(=O)Oc2ccc(C(=O)N3CCS(=O)CC3)cc2)c1. The fourth-order valence-electron chi connectivity index (χ4n) is 2.82. The van der Waals surface area contributed by atoms with Crippen LogP contribution in [0.15, 0.2) is 47.4 Å². The van der Waals surface area contributed by atoms with Crippen LogP contribution < -0.4 is 4.18 Å². The molecule has 0 N–H and O–H groups in total. The van der Waals surface area contributed by atoms with Gasteiger partial charge < -0.3 is 9.08 Å². The minimum Gasteiger partial charge on any atom is -0.379 e. The number of rotatable bonds is 4. The van der Waals surface area contributed by atoms with Gasteiger partial charge in [-0.15, -0.1) is 0 Å². The Morgan fingerprint density at radius 3 is 2.30 bits per heavy atom. The van der Waals surface area contributed by atoms with Crippen LogP contribution in [-0.4, -0.2) is 48.0 Å². The topological polar surface area (TPSA) is 80.8 Å². The molecule has 0 atom stereocenters. The van der Waals surface area contributed by atoms with Crippen molar-refractivity contribution in [1.29, 1.82) is 0 Å². The Bertz CT molecular complexity index is 974. The molecule has 1 fully saturated rings. The molecule has 0 radical (unpaired) electrons. The van der Waals surface area contributed by atoms with E-state index >= 15 is 0 Å². The average Bonchev–Trinajstić information content (AvgIpc) is 2.64. The Balaban J connectivity index is 1.74. The van der Waals surface area contributed by atoms with Crippen LogP contribution in [0.3, 0.4) is 0 Å². The number of amides is 1. The maximum atomic E-state index is 12.5. The van der Waals surface area contributed by atoms with Gasteiger partial charge in [0.2, 0.25) is 0 Å². The van der Waals surface area contributed by atoms with E-state index in [2.05, 4.69) is 0 Å². The van der Waals surface area contributed by atoms with E-state index < -0.39 is 20.9 Å². The Labute approximate surface area is 161 Å². The predicted octanol–water partition coefficient (Wildman–Crippen LogP) is 2.28. The second kappa shape index (κ2) is 7.82. The van der Waals surface area contributed by atoms with Crippen LogP contribution in [0.4, 0.5) is 0 Å². The average molecular weight is 408 g/mol. The van der Waals surface area contributed by atoms with Gasteiger partial charge in [0.25, 0.3) is 5.91 Å². The van der Waals surface area contributed by atoms with Gasteiger partial charge in [-0.05, 0) is 55.3 Å². The van der Waals surface area contributed by atoms with Crippen molar-refractivity contribution >= 4 is 26.8 Å². The first-order chi connectivity index (χ1) is 12.8. The van der Waals surface area contributed by atoms with Crippen molar-refractivity contribution in [2.75, 3.05) is 24.6 Å².